The third kappa shape index (κ3) is 9.31. The molecule has 10 aromatic carbocycles. The van der Waals surface area contributed by atoms with Crippen molar-refractivity contribution in [2.75, 3.05) is 0 Å². The lowest BCUT2D eigenvalue weighted by Crippen LogP contribution is -2.50. The van der Waals surface area contributed by atoms with Crippen LogP contribution in [-0.2, 0) is 75.4 Å². The average molecular weight is 1300 g/mol. The number of esters is 4. The summed E-state index contributed by atoms with van der Waals surface area (Å²) in [4.78, 5) is 132. The summed E-state index contributed by atoms with van der Waals surface area (Å²) >= 11 is 2.61. The maximum atomic E-state index is 16.2. The van der Waals surface area contributed by atoms with Crippen LogP contribution in [0.4, 0.5) is 27.6 Å². The number of halogens is 4. The summed E-state index contributed by atoms with van der Waals surface area (Å²) in [6.45, 7) is -1.73. The standard InChI is InChI=1S/C72H38F4N2O12S3/c73-49-25-39-21-43-44(22-40(39)26-50(49)74)60(80)57(59(43)79)77-53-29-47-63(91-53)65-55(71(47,67(83)87-31-35-13-5-1-6-14-35)68(84)88-32-36-15-7-2-8-16-36)56-66(93-65)64-48(72(56,69(85)89-33-37-17-9-3-10-18-37)70(86)90-34-38-19-11-4-12-20-38)30-54(92-64)78-58-61(81)45-23-41-27-51(75)52(76)28-42(41)24-46(45)62(58)82/h1-30H,31-34H2. The number of benzene rings is 8. The smallest absolute Gasteiger partial charge is 0.333 e. The topological polar surface area (TPSA) is 198 Å². The van der Waals surface area contributed by atoms with Gasteiger partial charge in [0.15, 0.2) is 34.0 Å². The number of hydrogen-bond donors (Lipinski definition) is 0. The summed E-state index contributed by atoms with van der Waals surface area (Å²) < 4.78 is 83.1. The van der Waals surface area contributed by atoms with E-state index < -0.39 is 117 Å². The summed E-state index contributed by atoms with van der Waals surface area (Å²) in [5.74, 6) is -9.73. The highest BCUT2D eigenvalue weighted by molar-refractivity contribution is 7.29. The van der Waals surface area contributed by atoms with Gasteiger partial charge in [0.25, 0.3) is 0 Å². The van der Waals surface area contributed by atoms with Crippen molar-refractivity contribution < 1.29 is 55.7 Å². The largest absolute Gasteiger partial charge is 0.459 e. The Labute approximate surface area is 531 Å². The van der Waals surface area contributed by atoms with Gasteiger partial charge in [0.05, 0.1) is 19.5 Å². The summed E-state index contributed by atoms with van der Waals surface area (Å²) in [5, 5.41) is -1.42. The molecular weight excluding hydrogens is 1260 g/mol. The van der Waals surface area contributed by atoms with Gasteiger partial charge in [-0.25, -0.2) is 27.5 Å². The van der Waals surface area contributed by atoms with E-state index in [2.05, 4.69) is 9.98 Å². The first-order valence-electron chi connectivity index (χ1n) is 28.6. The second-order valence-electron chi connectivity index (χ2n) is 22.2. The zero-order valence-corrected chi connectivity index (χ0v) is 50.1. The number of ether oxygens (including phenoxy) is 4. The Kier molecular flexibility index (Phi) is 14.1. The fourth-order valence-electron chi connectivity index (χ4n) is 12.3. The van der Waals surface area contributed by atoms with Crippen LogP contribution in [0.3, 0.4) is 0 Å². The SMILES string of the molecule is O=C(OCc1ccccc1)C1(C(=O)OCc2ccccc2)c2cc(N=c3c(=O)c4cc5cc(F)c(F)cc5cc4c3=O)sc2-c2sc3c(c21)C(C(=O)OCc1ccccc1)(C(=O)OCc1ccccc1)c1cc(N=c2c(=O)c4cc5cc(F)c(F)cc5cc4c2=O)sc1-3. The van der Waals surface area contributed by atoms with Crippen molar-refractivity contribution in [1.29, 1.82) is 0 Å². The Morgan fingerprint density at radius 2 is 0.602 bits per heavy atom. The predicted molar refractivity (Wildman–Crippen MR) is 340 cm³/mol. The summed E-state index contributed by atoms with van der Waals surface area (Å²) in [7, 11) is 0. The van der Waals surface area contributed by atoms with Crippen LogP contribution in [0.1, 0.15) is 44.5 Å². The first kappa shape index (κ1) is 58.4. The molecule has 15 rings (SSSR count). The quantitative estimate of drug-likeness (QED) is 0.0433. The first-order valence-corrected chi connectivity index (χ1v) is 31.0. The van der Waals surface area contributed by atoms with Crippen LogP contribution in [0, 0.1) is 23.3 Å². The van der Waals surface area contributed by atoms with Crippen molar-refractivity contribution >= 4 is 111 Å². The molecule has 13 aromatic rings. The molecule has 2 aliphatic carbocycles. The Balaban J connectivity index is 1.00. The number of rotatable bonds is 14. The molecule has 0 amide bonds. The number of fused-ring (bicyclic) bond motifs is 11. The van der Waals surface area contributed by atoms with Gasteiger partial charge in [-0.1, -0.05) is 121 Å². The van der Waals surface area contributed by atoms with Gasteiger partial charge in [-0.3, -0.25) is 38.4 Å². The lowest BCUT2D eigenvalue weighted by atomic mass is 9.70. The van der Waals surface area contributed by atoms with Crippen LogP contribution in [0.15, 0.2) is 211 Å². The average Bonchev–Trinajstić information content (AvgIpc) is 1.48. The minimum absolute atomic E-state index is 0.0951. The molecule has 3 aromatic heterocycles. The molecule has 93 heavy (non-hydrogen) atoms. The van der Waals surface area contributed by atoms with Gasteiger partial charge in [-0.05, 0) is 104 Å². The fourth-order valence-corrected chi connectivity index (χ4v) is 16.2. The van der Waals surface area contributed by atoms with Crippen molar-refractivity contribution in [2.24, 2.45) is 9.98 Å². The Morgan fingerprint density at radius 3 is 0.860 bits per heavy atom. The zero-order valence-electron chi connectivity index (χ0n) is 47.7. The van der Waals surface area contributed by atoms with Crippen LogP contribution in [-0.4, -0.2) is 23.9 Å². The van der Waals surface area contributed by atoms with E-state index in [0.29, 0.717) is 22.3 Å². The third-order valence-corrected chi connectivity index (χ3v) is 20.3. The maximum Gasteiger partial charge on any atom is 0.333 e. The molecule has 0 N–H and O–H groups in total. The summed E-state index contributed by atoms with van der Waals surface area (Å²) in [6.07, 6.45) is 0. The molecule has 0 aliphatic heterocycles. The second-order valence-corrected chi connectivity index (χ2v) is 25.3. The molecule has 0 saturated carbocycles. The predicted octanol–water partition coefficient (Wildman–Crippen LogP) is 12.2. The van der Waals surface area contributed by atoms with E-state index in [1.165, 1.54) is 36.4 Å². The van der Waals surface area contributed by atoms with E-state index in [-0.39, 0.29) is 94.9 Å². The number of hydrogen-bond acceptors (Lipinski definition) is 17. The van der Waals surface area contributed by atoms with Crippen LogP contribution >= 0.6 is 34.0 Å². The lowest BCUT2D eigenvalue weighted by Gasteiger charge is -2.32. The van der Waals surface area contributed by atoms with Gasteiger partial charge in [0.2, 0.25) is 32.5 Å². The van der Waals surface area contributed by atoms with E-state index in [1.807, 2.05) is 0 Å². The molecule has 0 radical (unpaired) electrons. The van der Waals surface area contributed by atoms with Gasteiger partial charge in [-0.2, -0.15) is 0 Å². The van der Waals surface area contributed by atoms with Gasteiger partial charge in [-0.15, -0.1) is 34.0 Å². The molecular formula is C72H38F4N2O12S3. The highest BCUT2D eigenvalue weighted by Gasteiger charge is 2.69. The van der Waals surface area contributed by atoms with Gasteiger partial charge >= 0.3 is 23.9 Å². The molecule has 0 unspecified atom stereocenters. The lowest BCUT2D eigenvalue weighted by molar-refractivity contribution is -0.167. The Hall–Kier alpha value is -11.0. The van der Waals surface area contributed by atoms with Gasteiger partial charge in [0.1, 0.15) is 36.4 Å². The van der Waals surface area contributed by atoms with E-state index >= 15 is 19.2 Å². The Bertz CT molecular complexity index is 5110. The van der Waals surface area contributed by atoms with Crippen molar-refractivity contribution in [3.8, 4) is 19.5 Å². The highest BCUT2D eigenvalue weighted by atomic mass is 32.1. The summed E-state index contributed by atoms with van der Waals surface area (Å²) in [5.41, 5.74) is -7.90. The van der Waals surface area contributed by atoms with E-state index in [1.54, 1.807) is 121 Å². The molecule has 0 atom stereocenters. The Morgan fingerprint density at radius 1 is 0.344 bits per heavy atom. The summed E-state index contributed by atoms with van der Waals surface area (Å²) in [6, 6.07) is 45.3. The minimum atomic E-state index is -2.82. The maximum absolute atomic E-state index is 16.2. The fraction of sp³-hybridized carbons (Fsp3) is 0.0833. The van der Waals surface area contributed by atoms with E-state index in [9.17, 15) is 36.7 Å². The molecule has 3 heterocycles. The zero-order chi connectivity index (χ0) is 64.2. The van der Waals surface area contributed by atoms with Gasteiger partial charge < -0.3 is 18.9 Å². The van der Waals surface area contributed by atoms with Crippen molar-refractivity contribution in [3.63, 3.8) is 0 Å². The number of carbonyl (C=O) groups excluding carboxylic acids is 4. The number of thiophene rings is 3. The minimum Gasteiger partial charge on any atom is -0.459 e. The molecule has 0 bridgehead atoms. The van der Waals surface area contributed by atoms with Crippen molar-refractivity contribution in [1.82, 2.24) is 0 Å². The number of carbonyl (C=O) groups is 4. The molecule has 0 spiro atoms. The first-order chi connectivity index (χ1) is 45.0. The molecule has 21 heteroatoms. The van der Waals surface area contributed by atoms with Crippen molar-refractivity contribution in [2.45, 2.75) is 37.3 Å². The normalized spacial score (nSPS) is 13.2. The van der Waals surface area contributed by atoms with Crippen LogP contribution in [0.25, 0.3) is 62.6 Å². The van der Waals surface area contributed by atoms with Crippen LogP contribution in [0.5, 0.6) is 0 Å². The van der Waals surface area contributed by atoms with E-state index in [4.69, 9.17) is 18.9 Å². The van der Waals surface area contributed by atoms with Crippen molar-refractivity contribution in [3.05, 3.63) is 301 Å². The monoisotopic (exact) mass is 1290 g/mol. The highest BCUT2D eigenvalue weighted by Crippen LogP contribution is 2.68. The van der Waals surface area contributed by atoms with Crippen LogP contribution in [0.2, 0.25) is 0 Å². The number of nitrogens with zero attached hydrogens (tertiary/aromatic N) is 2. The molecule has 14 nitrogen and oxygen atoms in total. The molecule has 2 aliphatic rings. The van der Waals surface area contributed by atoms with E-state index in [0.717, 1.165) is 58.3 Å². The van der Waals surface area contributed by atoms with Gasteiger partial charge in [0, 0.05) is 43.8 Å². The third-order valence-electron chi connectivity index (χ3n) is 16.7. The second kappa shape index (κ2) is 22.4. The molecule has 0 fully saturated rings. The van der Waals surface area contributed by atoms with Crippen LogP contribution < -0.4 is 32.4 Å². The molecule has 0 saturated heterocycles. The molecule has 454 valence electrons.